The Morgan fingerprint density at radius 2 is 2.14 bits per heavy atom. The van der Waals surface area contributed by atoms with Gasteiger partial charge in [0.05, 0.1) is 6.26 Å². The van der Waals surface area contributed by atoms with Crippen molar-refractivity contribution in [3.63, 3.8) is 0 Å². The van der Waals surface area contributed by atoms with Crippen molar-refractivity contribution < 1.29 is 9.53 Å². The molecule has 14 heavy (non-hydrogen) atoms. The maximum Gasteiger partial charge on any atom is 0.328 e. The number of rotatable bonds is 4. The normalized spacial score (nSPS) is 11.8. The Labute approximate surface area is 83.2 Å². The molecule has 0 aliphatic rings. The van der Waals surface area contributed by atoms with Crippen LogP contribution in [0.1, 0.15) is 5.56 Å². The SMILES string of the molecule is C=COC(=O)C(N)Cc1ccccc1. The van der Waals surface area contributed by atoms with Crippen molar-refractivity contribution in [1.82, 2.24) is 0 Å². The zero-order valence-corrected chi connectivity index (χ0v) is 7.85. The lowest BCUT2D eigenvalue weighted by molar-refractivity contribution is -0.139. The van der Waals surface area contributed by atoms with Gasteiger partial charge >= 0.3 is 5.97 Å². The van der Waals surface area contributed by atoms with Crippen LogP contribution in [0.15, 0.2) is 43.2 Å². The van der Waals surface area contributed by atoms with Gasteiger partial charge in [-0.3, -0.25) is 0 Å². The Balaban J connectivity index is 2.52. The molecule has 0 spiro atoms. The summed E-state index contributed by atoms with van der Waals surface area (Å²) < 4.78 is 4.58. The zero-order valence-electron chi connectivity index (χ0n) is 7.85. The first kappa shape index (κ1) is 10.5. The summed E-state index contributed by atoms with van der Waals surface area (Å²) in [7, 11) is 0. The van der Waals surface area contributed by atoms with Crippen LogP contribution in [-0.2, 0) is 16.0 Å². The van der Waals surface area contributed by atoms with Crippen molar-refractivity contribution in [2.45, 2.75) is 12.5 Å². The lowest BCUT2D eigenvalue weighted by Crippen LogP contribution is -2.33. The quantitative estimate of drug-likeness (QED) is 0.575. The fourth-order valence-electron chi connectivity index (χ4n) is 1.12. The van der Waals surface area contributed by atoms with E-state index in [1.165, 1.54) is 0 Å². The van der Waals surface area contributed by atoms with Gasteiger partial charge in [-0.1, -0.05) is 36.9 Å². The third kappa shape index (κ3) is 3.03. The molecule has 0 aliphatic heterocycles. The first-order chi connectivity index (χ1) is 6.74. The minimum Gasteiger partial charge on any atom is -0.434 e. The minimum absolute atomic E-state index is 0.455. The van der Waals surface area contributed by atoms with E-state index in [1.54, 1.807) is 0 Å². The standard InChI is InChI=1S/C11H13NO2/c1-2-14-11(13)10(12)8-9-6-4-3-5-7-9/h2-7,10H,1,8,12H2. The van der Waals surface area contributed by atoms with E-state index >= 15 is 0 Å². The van der Waals surface area contributed by atoms with Crippen LogP contribution in [0, 0.1) is 0 Å². The first-order valence-corrected chi connectivity index (χ1v) is 4.35. The lowest BCUT2D eigenvalue weighted by atomic mass is 10.1. The van der Waals surface area contributed by atoms with Crippen LogP contribution in [0.2, 0.25) is 0 Å². The Morgan fingerprint density at radius 1 is 1.50 bits per heavy atom. The maximum absolute atomic E-state index is 11.1. The molecule has 1 rings (SSSR count). The molecule has 0 saturated heterocycles. The molecule has 0 bridgehead atoms. The molecule has 2 N–H and O–H groups in total. The number of hydrogen-bond acceptors (Lipinski definition) is 3. The second kappa shape index (κ2) is 5.19. The number of hydrogen-bond donors (Lipinski definition) is 1. The molecule has 0 radical (unpaired) electrons. The van der Waals surface area contributed by atoms with E-state index in [2.05, 4.69) is 11.3 Å². The largest absolute Gasteiger partial charge is 0.434 e. The van der Waals surface area contributed by atoms with E-state index in [9.17, 15) is 4.79 Å². The second-order valence-electron chi connectivity index (χ2n) is 2.90. The minimum atomic E-state index is -0.629. The van der Waals surface area contributed by atoms with Crippen LogP contribution in [0.4, 0.5) is 0 Å². The Hall–Kier alpha value is -1.61. The third-order valence-corrected chi connectivity index (χ3v) is 1.80. The summed E-state index contributed by atoms with van der Waals surface area (Å²) in [5.74, 6) is -0.455. The van der Waals surface area contributed by atoms with E-state index in [0.29, 0.717) is 6.42 Å². The third-order valence-electron chi connectivity index (χ3n) is 1.80. The van der Waals surface area contributed by atoms with Gasteiger partial charge in [-0.25, -0.2) is 4.79 Å². The average Bonchev–Trinajstić information content (AvgIpc) is 2.19. The molecule has 1 atom stereocenters. The number of ether oxygens (including phenoxy) is 1. The Morgan fingerprint density at radius 3 is 2.71 bits per heavy atom. The second-order valence-corrected chi connectivity index (χ2v) is 2.90. The summed E-state index contributed by atoms with van der Waals surface area (Å²) >= 11 is 0. The van der Waals surface area contributed by atoms with Crippen molar-refractivity contribution in [2.24, 2.45) is 5.73 Å². The zero-order chi connectivity index (χ0) is 10.4. The van der Waals surface area contributed by atoms with E-state index in [4.69, 9.17) is 5.73 Å². The lowest BCUT2D eigenvalue weighted by Gasteiger charge is -2.08. The molecule has 0 saturated carbocycles. The molecule has 0 heterocycles. The number of esters is 1. The number of nitrogens with two attached hydrogens (primary N) is 1. The number of benzene rings is 1. The molecule has 0 aliphatic carbocycles. The van der Waals surface area contributed by atoms with Crippen LogP contribution >= 0.6 is 0 Å². The van der Waals surface area contributed by atoms with Gasteiger partial charge in [0.2, 0.25) is 0 Å². The highest BCUT2D eigenvalue weighted by Gasteiger charge is 2.14. The monoisotopic (exact) mass is 191 g/mol. The van der Waals surface area contributed by atoms with Crippen LogP contribution < -0.4 is 5.73 Å². The summed E-state index contributed by atoms with van der Waals surface area (Å²) in [5.41, 5.74) is 6.63. The highest BCUT2D eigenvalue weighted by Crippen LogP contribution is 2.02. The fraction of sp³-hybridized carbons (Fsp3) is 0.182. The van der Waals surface area contributed by atoms with Gasteiger partial charge in [0, 0.05) is 0 Å². The van der Waals surface area contributed by atoms with Gasteiger partial charge in [-0.15, -0.1) is 0 Å². The average molecular weight is 191 g/mol. The number of carbonyl (C=O) groups excluding carboxylic acids is 1. The van der Waals surface area contributed by atoms with Crippen LogP contribution in [0.5, 0.6) is 0 Å². The van der Waals surface area contributed by atoms with Gasteiger partial charge in [0.15, 0.2) is 0 Å². The van der Waals surface area contributed by atoms with Crippen molar-refractivity contribution >= 4 is 5.97 Å². The Bertz CT molecular complexity index is 308. The molecule has 74 valence electrons. The predicted molar refractivity (Wildman–Crippen MR) is 54.4 cm³/mol. The van der Waals surface area contributed by atoms with Crippen molar-refractivity contribution in [1.29, 1.82) is 0 Å². The topological polar surface area (TPSA) is 52.3 Å². The van der Waals surface area contributed by atoms with Crippen molar-refractivity contribution in [3.8, 4) is 0 Å². The number of carbonyl (C=O) groups is 1. The molecule has 0 aromatic heterocycles. The van der Waals surface area contributed by atoms with Crippen molar-refractivity contribution in [3.05, 3.63) is 48.7 Å². The molecular formula is C11H13NO2. The van der Waals surface area contributed by atoms with E-state index < -0.39 is 12.0 Å². The van der Waals surface area contributed by atoms with E-state index in [1.807, 2.05) is 30.3 Å². The molecule has 1 aromatic carbocycles. The molecule has 0 amide bonds. The maximum atomic E-state index is 11.1. The van der Waals surface area contributed by atoms with Gasteiger partial charge in [0.25, 0.3) is 0 Å². The van der Waals surface area contributed by atoms with Crippen LogP contribution in [0.3, 0.4) is 0 Å². The summed E-state index contributed by atoms with van der Waals surface area (Å²) in [4.78, 5) is 11.1. The highest BCUT2D eigenvalue weighted by molar-refractivity contribution is 5.76. The van der Waals surface area contributed by atoms with Crippen LogP contribution in [0.25, 0.3) is 0 Å². The van der Waals surface area contributed by atoms with Gasteiger partial charge in [0.1, 0.15) is 6.04 Å². The first-order valence-electron chi connectivity index (χ1n) is 4.35. The molecular weight excluding hydrogens is 178 g/mol. The van der Waals surface area contributed by atoms with Crippen LogP contribution in [-0.4, -0.2) is 12.0 Å². The molecule has 1 unspecified atom stereocenters. The summed E-state index contributed by atoms with van der Waals surface area (Å²) in [6.45, 7) is 3.29. The Kier molecular flexibility index (Phi) is 3.88. The molecule has 1 aromatic rings. The highest BCUT2D eigenvalue weighted by atomic mass is 16.5. The molecule has 0 fully saturated rings. The summed E-state index contributed by atoms with van der Waals surface area (Å²) in [6.07, 6.45) is 1.57. The molecule has 3 heteroatoms. The van der Waals surface area contributed by atoms with Gasteiger partial charge in [-0.05, 0) is 12.0 Å². The van der Waals surface area contributed by atoms with E-state index in [0.717, 1.165) is 11.8 Å². The summed E-state index contributed by atoms with van der Waals surface area (Å²) in [6, 6.07) is 8.93. The van der Waals surface area contributed by atoms with Gasteiger partial charge < -0.3 is 10.5 Å². The summed E-state index contributed by atoms with van der Waals surface area (Å²) in [5, 5.41) is 0. The van der Waals surface area contributed by atoms with Gasteiger partial charge in [-0.2, -0.15) is 0 Å². The smallest absolute Gasteiger partial charge is 0.328 e. The molecule has 3 nitrogen and oxygen atoms in total. The predicted octanol–water partition coefficient (Wildman–Crippen LogP) is 1.24. The van der Waals surface area contributed by atoms with E-state index in [-0.39, 0.29) is 0 Å². The fourth-order valence-corrected chi connectivity index (χ4v) is 1.12. The van der Waals surface area contributed by atoms with Crippen molar-refractivity contribution in [2.75, 3.05) is 0 Å².